The molecule has 0 unspecified atom stereocenters. The molecule has 1 aliphatic carbocycles. The summed E-state index contributed by atoms with van der Waals surface area (Å²) < 4.78 is 6.39. The fraction of sp³-hybridized carbons (Fsp3) is 0.588. The summed E-state index contributed by atoms with van der Waals surface area (Å²) in [5.74, 6) is -0.201. The zero-order chi connectivity index (χ0) is 15.0. The predicted molar refractivity (Wildman–Crippen MR) is 79.4 cm³/mol. The molecule has 1 aromatic carbocycles. The van der Waals surface area contributed by atoms with Crippen LogP contribution in [0, 0.1) is 12.3 Å². The largest absolute Gasteiger partial charge is 0.486 e. The number of hydrogen-bond acceptors (Lipinski definition) is 2. The first kappa shape index (κ1) is 14.9. The van der Waals surface area contributed by atoms with Gasteiger partial charge < -0.3 is 9.84 Å². The van der Waals surface area contributed by atoms with E-state index in [2.05, 4.69) is 20.8 Å². The fourth-order valence-corrected chi connectivity index (χ4v) is 3.00. The van der Waals surface area contributed by atoms with Crippen LogP contribution in [-0.4, -0.2) is 16.7 Å². The van der Waals surface area contributed by atoms with Crippen molar-refractivity contribution in [3.05, 3.63) is 29.3 Å². The van der Waals surface area contributed by atoms with Crippen molar-refractivity contribution in [3.63, 3.8) is 0 Å². The molecule has 1 fully saturated rings. The van der Waals surface area contributed by atoms with Gasteiger partial charge in [0.15, 0.2) is 0 Å². The Bertz CT molecular complexity index is 505. The van der Waals surface area contributed by atoms with Crippen LogP contribution in [0.3, 0.4) is 0 Å². The number of rotatable bonds is 3. The van der Waals surface area contributed by atoms with Crippen molar-refractivity contribution in [1.82, 2.24) is 0 Å². The average molecular weight is 276 g/mol. The summed E-state index contributed by atoms with van der Waals surface area (Å²) >= 11 is 0. The van der Waals surface area contributed by atoms with Crippen molar-refractivity contribution in [2.24, 2.45) is 5.41 Å². The fourth-order valence-electron chi connectivity index (χ4n) is 3.00. The molecule has 2 rings (SSSR count). The van der Waals surface area contributed by atoms with Gasteiger partial charge in [-0.3, -0.25) is 0 Å². The van der Waals surface area contributed by atoms with Crippen molar-refractivity contribution >= 4 is 5.97 Å². The molecule has 0 heterocycles. The second kappa shape index (κ2) is 5.12. The lowest BCUT2D eigenvalue weighted by Gasteiger charge is -2.42. The number of hydrogen-bond donors (Lipinski definition) is 1. The van der Waals surface area contributed by atoms with Crippen LogP contribution in [-0.2, 0) is 0 Å². The van der Waals surface area contributed by atoms with Gasteiger partial charge in [0.25, 0.3) is 0 Å². The number of aryl methyl sites for hydroxylation is 1. The quantitative estimate of drug-likeness (QED) is 0.888. The van der Waals surface area contributed by atoms with E-state index in [1.807, 2.05) is 13.0 Å². The summed E-state index contributed by atoms with van der Waals surface area (Å²) in [6.07, 6.45) is 4.42. The van der Waals surface area contributed by atoms with E-state index in [0.717, 1.165) is 18.4 Å². The minimum Gasteiger partial charge on any atom is -0.486 e. The Morgan fingerprint density at radius 2 is 1.85 bits per heavy atom. The van der Waals surface area contributed by atoms with E-state index in [-0.39, 0.29) is 16.6 Å². The van der Waals surface area contributed by atoms with Crippen molar-refractivity contribution in [2.45, 2.75) is 59.0 Å². The van der Waals surface area contributed by atoms with Gasteiger partial charge in [0, 0.05) is 5.41 Å². The van der Waals surface area contributed by atoms with Crippen LogP contribution >= 0.6 is 0 Å². The van der Waals surface area contributed by atoms with E-state index in [4.69, 9.17) is 9.84 Å². The first-order valence-corrected chi connectivity index (χ1v) is 7.28. The molecule has 1 aromatic rings. The molecule has 0 amide bonds. The highest BCUT2D eigenvalue weighted by Crippen LogP contribution is 2.47. The van der Waals surface area contributed by atoms with Crippen molar-refractivity contribution in [1.29, 1.82) is 0 Å². The summed E-state index contributed by atoms with van der Waals surface area (Å²) in [7, 11) is 0. The van der Waals surface area contributed by atoms with Crippen LogP contribution < -0.4 is 4.74 Å². The lowest BCUT2D eigenvalue weighted by atomic mass is 9.75. The van der Waals surface area contributed by atoms with Gasteiger partial charge in [0.2, 0.25) is 0 Å². The van der Waals surface area contributed by atoms with E-state index < -0.39 is 5.97 Å². The van der Waals surface area contributed by atoms with Crippen LogP contribution in [0.25, 0.3) is 0 Å². The number of carboxylic acid groups (broad SMARTS) is 1. The van der Waals surface area contributed by atoms with Gasteiger partial charge in [0.1, 0.15) is 11.4 Å². The molecular formula is C17H24O3. The highest BCUT2D eigenvalue weighted by molar-refractivity contribution is 5.88. The number of carboxylic acids is 1. The highest BCUT2D eigenvalue weighted by Gasteiger charge is 2.46. The van der Waals surface area contributed by atoms with Crippen molar-refractivity contribution in [3.8, 4) is 5.75 Å². The predicted octanol–water partition coefficient (Wildman–Crippen LogP) is 4.43. The van der Waals surface area contributed by atoms with E-state index in [1.165, 1.54) is 12.8 Å². The average Bonchev–Trinajstić information content (AvgIpc) is 2.81. The molecule has 3 nitrogen and oxygen atoms in total. The Kier molecular flexibility index (Phi) is 3.81. The van der Waals surface area contributed by atoms with Gasteiger partial charge in [-0.1, -0.05) is 26.8 Å². The number of benzene rings is 1. The van der Waals surface area contributed by atoms with E-state index in [9.17, 15) is 4.79 Å². The molecule has 110 valence electrons. The molecule has 20 heavy (non-hydrogen) atoms. The molecule has 0 aromatic heterocycles. The Labute approximate surface area is 121 Å². The van der Waals surface area contributed by atoms with Gasteiger partial charge in [-0.05, 0) is 50.3 Å². The Morgan fingerprint density at radius 3 is 2.35 bits per heavy atom. The van der Waals surface area contributed by atoms with Gasteiger partial charge in [-0.15, -0.1) is 0 Å². The standard InChI is InChI=1S/C17H24O3/c1-12-7-8-13(15(18)19)11-14(12)20-17(16(2,3)4)9-5-6-10-17/h7-8,11H,5-6,9-10H2,1-4H3,(H,18,19). The molecule has 0 aliphatic heterocycles. The molecule has 0 saturated heterocycles. The van der Waals surface area contributed by atoms with E-state index >= 15 is 0 Å². The Balaban J connectivity index is 2.37. The smallest absolute Gasteiger partial charge is 0.335 e. The molecule has 0 bridgehead atoms. The lowest BCUT2D eigenvalue weighted by molar-refractivity contribution is -0.0275. The minimum absolute atomic E-state index is 0.0369. The van der Waals surface area contributed by atoms with Crippen LogP contribution in [0.4, 0.5) is 0 Å². The first-order valence-electron chi connectivity index (χ1n) is 7.28. The topological polar surface area (TPSA) is 46.5 Å². The molecular weight excluding hydrogens is 252 g/mol. The molecule has 0 atom stereocenters. The molecule has 0 radical (unpaired) electrons. The monoisotopic (exact) mass is 276 g/mol. The van der Waals surface area contributed by atoms with Gasteiger partial charge in [0.05, 0.1) is 5.56 Å². The van der Waals surface area contributed by atoms with Crippen molar-refractivity contribution in [2.75, 3.05) is 0 Å². The lowest BCUT2D eigenvalue weighted by Crippen LogP contribution is -2.45. The number of ether oxygens (including phenoxy) is 1. The second-order valence-electron chi connectivity index (χ2n) is 6.84. The zero-order valence-electron chi connectivity index (χ0n) is 12.8. The summed E-state index contributed by atoms with van der Waals surface area (Å²) in [6, 6.07) is 5.11. The number of aromatic carboxylic acids is 1. The van der Waals surface area contributed by atoms with Crippen LogP contribution in [0.5, 0.6) is 5.75 Å². The molecule has 1 saturated carbocycles. The Morgan fingerprint density at radius 1 is 1.25 bits per heavy atom. The maximum Gasteiger partial charge on any atom is 0.335 e. The van der Waals surface area contributed by atoms with Gasteiger partial charge in [-0.2, -0.15) is 0 Å². The van der Waals surface area contributed by atoms with Crippen LogP contribution in [0.1, 0.15) is 62.4 Å². The third-order valence-corrected chi connectivity index (χ3v) is 4.52. The summed E-state index contributed by atoms with van der Waals surface area (Å²) in [6.45, 7) is 8.57. The third-order valence-electron chi connectivity index (χ3n) is 4.52. The van der Waals surface area contributed by atoms with Crippen LogP contribution in [0.15, 0.2) is 18.2 Å². The molecule has 1 N–H and O–H groups in total. The van der Waals surface area contributed by atoms with Gasteiger partial charge >= 0.3 is 5.97 Å². The maximum atomic E-state index is 11.1. The van der Waals surface area contributed by atoms with Crippen LogP contribution in [0.2, 0.25) is 0 Å². The molecule has 1 aliphatic rings. The summed E-state index contributed by atoms with van der Waals surface area (Å²) in [5, 5.41) is 9.13. The normalized spacial score (nSPS) is 18.0. The first-order chi connectivity index (χ1) is 9.25. The molecule has 0 spiro atoms. The second-order valence-corrected chi connectivity index (χ2v) is 6.84. The minimum atomic E-state index is -0.911. The number of carbonyl (C=O) groups is 1. The summed E-state index contributed by atoms with van der Waals surface area (Å²) in [5.41, 5.74) is 1.13. The Hall–Kier alpha value is -1.51. The van der Waals surface area contributed by atoms with E-state index in [1.54, 1.807) is 12.1 Å². The van der Waals surface area contributed by atoms with Gasteiger partial charge in [-0.25, -0.2) is 4.79 Å². The highest BCUT2D eigenvalue weighted by atomic mass is 16.5. The van der Waals surface area contributed by atoms with Crippen molar-refractivity contribution < 1.29 is 14.6 Å². The maximum absolute atomic E-state index is 11.1. The third kappa shape index (κ3) is 2.67. The SMILES string of the molecule is Cc1ccc(C(=O)O)cc1OC1(C(C)(C)C)CCCC1. The zero-order valence-corrected chi connectivity index (χ0v) is 12.8. The van der Waals surface area contributed by atoms with E-state index in [0.29, 0.717) is 5.75 Å². The molecule has 3 heteroatoms. The summed E-state index contributed by atoms with van der Waals surface area (Å²) in [4.78, 5) is 11.1.